The van der Waals surface area contributed by atoms with Gasteiger partial charge >= 0.3 is 0 Å². The molecule has 0 saturated carbocycles. The van der Waals surface area contributed by atoms with E-state index >= 15 is 0 Å². The van der Waals surface area contributed by atoms with E-state index in [9.17, 15) is 0 Å². The molecule has 15 heavy (non-hydrogen) atoms. The molecule has 1 nitrogen and oxygen atoms in total. The van der Waals surface area contributed by atoms with Gasteiger partial charge in [0.1, 0.15) is 0 Å². The first kappa shape index (κ1) is 11.8. The quantitative estimate of drug-likeness (QED) is 0.482. The van der Waals surface area contributed by atoms with Crippen molar-refractivity contribution in [1.82, 2.24) is 0 Å². The van der Waals surface area contributed by atoms with Crippen LogP contribution in [-0.2, 0) is 11.2 Å². The van der Waals surface area contributed by atoms with E-state index in [4.69, 9.17) is 4.74 Å². The zero-order valence-corrected chi connectivity index (χ0v) is 9.54. The van der Waals surface area contributed by atoms with Gasteiger partial charge in [0.15, 0.2) is 0 Å². The monoisotopic (exact) mass is 204 g/mol. The van der Waals surface area contributed by atoms with Gasteiger partial charge < -0.3 is 4.74 Å². The van der Waals surface area contributed by atoms with Gasteiger partial charge in [-0.3, -0.25) is 0 Å². The van der Waals surface area contributed by atoms with Crippen LogP contribution in [0.15, 0.2) is 42.7 Å². The third-order valence-corrected chi connectivity index (χ3v) is 2.36. The molecule has 0 unspecified atom stereocenters. The molecular weight excluding hydrogens is 184 g/mol. The molecule has 0 amide bonds. The number of rotatable bonds is 7. The molecule has 1 rings (SSSR count). The molecule has 0 heterocycles. The smallest absolute Gasteiger partial charge is 0.0888 e. The Balaban J connectivity index is 2.10. The Hall–Kier alpha value is -1.24. The maximum absolute atomic E-state index is 5.30. The van der Waals surface area contributed by atoms with E-state index in [1.165, 1.54) is 12.0 Å². The van der Waals surface area contributed by atoms with Crippen LogP contribution >= 0.6 is 0 Å². The normalized spacial score (nSPS) is 9.93. The predicted molar refractivity (Wildman–Crippen MR) is 64.8 cm³/mol. The minimum Gasteiger partial charge on any atom is -0.499 e. The Morgan fingerprint density at radius 1 is 1.20 bits per heavy atom. The summed E-state index contributed by atoms with van der Waals surface area (Å²) in [7, 11) is 0. The van der Waals surface area contributed by atoms with E-state index in [0.717, 1.165) is 31.6 Å². The van der Waals surface area contributed by atoms with Crippen molar-refractivity contribution in [3.63, 3.8) is 0 Å². The molecule has 82 valence electrons. The van der Waals surface area contributed by atoms with Crippen LogP contribution in [-0.4, -0.2) is 6.61 Å². The van der Waals surface area contributed by atoms with Crippen molar-refractivity contribution in [2.24, 2.45) is 0 Å². The summed E-state index contributed by atoms with van der Waals surface area (Å²) < 4.78 is 5.30. The zero-order chi connectivity index (χ0) is 10.9. The second-order valence-electron chi connectivity index (χ2n) is 3.66. The van der Waals surface area contributed by atoms with Crippen LogP contribution in [0.3, 0.4) is 0 Å². The van der Waals surface area contributed by atoms with Crippen molar-refractivity contribution in [2.45, 2.75) is 32.6 Å². The maximum Gasteiger partial charge on any atom is 0.0888 e. The minimum atomic E-state index is 0.734. The van der Waals surface area contributed by atoms with E-state index in [0.29, 0.717) is 0 Å². The molecule has 0 radical (unpaired) electrons. The standard InChI is InChI=1S/C14H20O/c1-3-15-13(2)9-7-8-12-14-10-5-4-6-11-14/h4-6,10-11H,2-3,7-9,12H2,1H3. The third kappa shape index (κ3) is 5.26. The lowest BCUT2D eigenvalue weighted by atomic mass is 10.1. The highest BCUT2D eigenvalue weighted by Gasteiger charge is 1.95. The number of benzene rings is 1. The molecule has 1 aromatic rings. The summed E-state index contributed by atoms with van der Waals surface area (Å²) in [6.07, 6.45) is 4.50. The largest absolute Gasteiger partial charge is 0.499 e. The van der Waals surface area contributed by atoms with Gasteiger partial charge in [0, 0.05) is 6.42 Å². The van der Waals surface area contributed by atoms with Crippen LogP contribution < -0.4 is 0 Å². The SMILES string of the molecule is C=C(CCCCc1ccccc1)OCC. The Morgan fingerprint density at radius 2 is 1.93 bits per heavy atom. The van der Waals surface area contributed by atoms with E-state index in [1.807, 2.05) is 6.92 Å². The van der Waals surface area contributed by atoms with Crippen LogP contribution in [0, 0.1) is 0 Å². The number of allylic oxidation sites excluding steroid dienone is 1. The maximum atomic E-state index is 5.30. The van der Waals surface area contributed by atoms with Gasteiger partial charge in [-0.05, 0) is 31.7 Å². The number of hydrogen-bond acceptors (Lipinski definition) is 1. The highest BCUT2D eigenvalue weighted by molar-refractivity contribution is 5.14. The van der Waals surface area contributed by atoms with Crippen molar-refractivity contribution < 1.29 is 4.74 Å². The predicted octanol–water partition coefficient (Wildman–Crippen LogP) is 3.95. The second-order valence-corrected chi connectivity index (χ2v) is 3.66. The summed E-state index contributed by atoms with van der Waals surface area (Å²) in [4.78, 5) is 0. The topological polar surface area (TPSA) is 9.23 Å². The molecule has 0 aliphatic rings. The van der Waals surface area contributed by atoms with Crippen molar-refractivity contribution in [1.29, 1.82) is 0 Å². The zero-order valence-electron chi connectivity index (χ0n) is 9.54. The molecule has 1 aromatic carbocycles. The fourth-order valence-electron chi connectivity index (χ4n) is 1.57. The van der Waals surface area contributed by atoms with Crippen molar-refractivity contribution >= 4 is 0 Å². The number of unbranched alkanes of at least 4 members (excludes halogenated alkanes) is 1. The molecule has 0 aliphatic carbocycles. The fourth-order valence-corrected chi connectivity index (χ4v) is 1.57. The van der Waals surface area contributed by atoms with Crippen molar-refractivity contribution in [2.75, 3.05) is 6.61 Å². The highest BCUT2D eigenvalue weighted by atomic mass is 16.5. The van der Waals surface area contributed by atoms with Gasteiger partial charge in [0.25, 0.3) is 0 Å². The van der Waals surface area contributed by atoms with E-state index in [-0.39, 0.29) is 0 Å². The van der Waals surface area contributed by atoms with Crippen LogP contribution in [0.1, 0.15) is 31.7 Å². The summed E-state index contributed by atoms with van der Waals surface area (Å²) in [5.74, 6) is 0.922. The molecule has 0 bridgehead atoms. The van der Waals surface area contributed by atoms with Gasteiger partial charge in [-0.25, -0.2) is 0 Å². The Bertz CT molecular complexity index is 277. The third-order valence-electron chi connectivity index (χ3n) is 2.36. The summed E-state index contributed by atoms with van der Waals surface area (Å²) in [5.41, 5.74) is 1.42. The van der Waals surface area contributed by atoms with E-state index < -0.39 is 0 Å². The summed E-state index contributed by atoms with van der Waals surface area (Å²) in [5, 5.41) is 0. The minimum absolute atomic E-state index is 0.734. The van der Waals surface area contributed by atoms with Crippen LogP contribution in [0.5, 0.6) is 0 Å². The average molecular weight is 204 g/mol. The lowest BCUT2D eigenvalue weighted by Crippen LogP contribution is -1.91. The average Bonchev–Trinajstić information content (AvgIpc) is 2.26. The lowest BCUT2D eigenvalue weighted by molar-refractivity contribution is 0.218. The van der Waals surface area contributed by atoms with E-state index in [1.54, 1.807) is 0 Å². The van der Waals surface area contributed by atoms with Gasteiger partial charge in [-0.1, -0.05) is 36.9 Å². The Kier molecular flexibility index (Phi) is 5.60. The Morgan fingerprint density at radius 3 is 2.60 bits per heavy atom. The van der Waals surface area contributed by atoms with E-state index in [2.05, 4.69) is 36.9 Å². The van der Waals surface area contributed by atoms with Gasteiger partial charge in [-0.2, -0.15) is 0 Å². The highest BCUT2D eigenvalue weighted by Crippen LogP contribution is 2.10. The van der Waals surface area contributed by atoms with Crippen molar-refractivity contribution in [3.05, 3.63) is 48.2 Å². The molecular formula is C14H20O. The molecule has 0 N–H and O–H groups in total. The van der Waals surface area contributed by atoms with Gasteiger partial charge in [0.2, 0.25) is 0 Å². The molecule has 0 spiro atoms. The fraction of sp³-hybridized carbons (Fsp3) is 0.429. The van der Waals surface area contributed by atoms with Crippen molar-refractivity contribution in [3.8, 4) is 0 Å². The lowest BCUT2D eigenvalue weighted by Gasteiger charge is -2.06. The molecule has 0 atom stereocenters. The summed E-state index contributed by atoms with van der Waals surface area (Å²) >= 11 is 0. The summed E-state index contributed by atoms with van der Waals surface area (Å²) in [6, 6.07) is 10.6. The first-order valence-electron chi connectivity index (χ1n) is 5.67. The molecule has 0 saturated heterocycles. The van der Waals surface area contributed by atoms with Gasteiger partial charge in [0.05, 0.1) is 12.4 Å². The number of aryl methyl sites for hydroxylation is 1. The number of hydrogen-bond donors (Lipinski definition) is 0. The molecule has 0 aromatic heterocycles. The first-order chi connectivity index (χ1) is 7.33. The van der Waals surface area contributed by atoms with Crippen LogP contribution in [0.25, 0.3) is 0 Å². The molecule has 1 heteroatoms. The Labute approximate surface area is 92.8 Å². The van der Waals surface area contributed by atoms with Gasteiger partial charge in [-0.15, -0.1) is 0 Å². The van der Waals surface area contributed by atoms with Crippen LogP contribution in [0.2, 0.25) is 0 Å². The second kappa shape index (κ2) is 7.10. The molecule has 0 aliphatic heterocycles. The van der Waals surface area contributed by atoms with Crippen LogP contribution in [0.4, 0.5) is 0 Å². The first-order valence-corrected chi connectivity index (χ1v) is 5.67. The molecule has 0 fully saturated rings. The summed E-state index contributed by atoms with van der Waals surface area (Å²) in [6.45, 7) is 6.60. The number of ether oxygens (including phenoxy) is 1.